The van der Waals surface area contributed by atoms with Crippen LogP contribution < -0.4 is 5.32 Å². The first-order valence-electron chi connectivity index (χ1n) is 8.71. The van der Waals surface area contributed by atoms with E-state index in [4.69, 9.17) is 21.4 Å². The lowest BCUT2D eigenvalue weighted by Gasteiger charge is -2.61. The van der Waals surface area contributed by atoms with Crippen molar-refractivity contribution in [1.29, 1.82) is 0 Å². The first kappa shape index (κ1) is 16.5. The van der Waals surface area contributed by atoms with E-state index in [-0.39, 0.29) is 22.2 Å². The standard InChI is InChI=1S/C18H21N3O3S/c1-2-23-14-10-13(18(14)8-3-9-18)19-15(22)11-4-6-12(7-5-11)16-20-21-17(25)24-16/h4-7,13-14H,2-3,8-10H2,1H3,(H,19,22)(H,21,25)/t13-,14+/m1/s1. The van der Waals surface area contributed by atoms with E-state index in [0.29, 0.717) is 17.6 Å². The van der Waals surface area contributed by atoms with Crippen LogP contribution in [0.3, 0.4) is 0 Å². The number of benzene rings is 1. The number of carbonyl (C=O) groups excluding carboxylic acids is 1. The van der Waals surface area contributed by atoms with Crippen molar-refractivity contribution in [2.24, 2.45) is 5.41 Å². The lowest BCUT2D eigenvalue weighted by Crippen LogP contribution is -2.67. The van der Waals surface area contributed by atoms with Gasteiger partial charge in [-0.05, 0) is 62.7 Å². The van der Waals surface area contributed by atoms with Gasteiger partial charge in [-0.1, -0.05) is 6.42 Å². The van der Waals surface area contributed by atoms with Crippen molar-refractivity contribution in [3.8, 4) is 11.5 Å². The third-order valence-corrected chi connectivity index (χ3v) is 5.75. The smallest absolute Gasteiger partial charge is 0.284 e. The van der Waals surface area contributed by atoms with Gasteiger partial charge in [0.05, 0.1) is 6.10 Å². The quantitative estimate of drug-likeness (QED) is 0.799. The lowest BCUT2D eigenvalue weighted by atomic mass is 9.51. The van der Waals surface area contributed by atoms with Crippen molar-refractivity contribution < 1.29 is 13.9 Å². The van der Waals surface area contributed by atoms with Crippen LogP contribution in [0, 0.1) is 10.3 Å². The summed E-state index contributed by atoms with van der Waals surface area (Å²) in [5.74, 6) is 0.379. The Labute approximate surface area is 151 Å². The van der Waals surface area contributed by atoms with Crippen LogP contribution in [0.5, 0.6) is 0 Å². The van der Waals surface area contributed by atoms with Crippen LogP contribution in [-0.2, 0) is 4.74 Å². The molecule has 1 heterocycles. The molecule has 1 amide bonds. The second-order valence-corrected chi connectivity index (χ2v) is 7.16. The van der Waals surface area contributed by atoms with Crippen LogP contribution in [0.1, 0.15) is 43.0 Å². The summed E-state index contributed by atoms with van der Waals surface area (Å²) in [6.07, 6.45) is 4.72. The van der Waals surface area contributed by atoms with Crippen LogP contribution in [-0.4, -0.2) is 34.9 Å². The van der Waals surface area contributed by atoms with E-state index >= 15 is 0 Å². The molecule has 0 unspecified atom stereocenters. The Morgan fingerprint density at radius 1 is 1.44 bits per heavy atom. The molecular weight excluding hydrogens is 338 g/mol. The van der Waals surface area contributed by atoms with Crippen LogP contribution in [0.15, 0.2) is 28.7 Å². The summed E-state index contributed by atoms with van der Waals surface area (Å²) in [5, 5.41) is 9.77. The van der Waals surface area contributed by atoms with E-state index in [0.717, 1.165) is 31.4 Å². The van der Waals surface area contributed by atoms with Gasteiger partial charge in [-0.15, -0.1) is 5.10 Å². The largest absolute Gasteiger partial charge is 0.409 e. The minimum Gasteiger partial charge on any atom is -0.409 e. The molecule has 0 radical (unpaired) electrons. The Kier molecular flexibility index (Phi) is 4.21. The zero-order valence-electron chi connectivity index (χ0n) is 14.1. The molecule has 0 bridgehead atoms. The summed E-state index contributed by atoms with van der Waals surface area (Å²) < 4.78 is 11.1. The number of ether oxygens (including phenoxy) is 1. The van der Waals surface area contributed by atoms with Crippen LogP contribution in [0.2, 0.25) is 0 Å². The van der Waals surface area contributed by atoms with Gasteiger partial charge in [0.25, 0.3) is 10.7 Å². The molecule has 2 aliphatic rings. The summed E-state index contributed by atoms with van der Waals surface area (Å²) in [6, 6.07) is 7.40. The van der Waals surface area contributed by atoms with Gasteiger partial charge in [-0.25, -0.2) is 5.10 Å². The predicted octanol–water partition coefficient (Wildman–Crippen LogP) is 3.48. The molecule has 2 aromatic rings. The number of aromatic amines is 1. The minimum atomic E-state index is -0.0410. The number of rotatable bonds is 5. The first-order chi connectivity index (χ1) is 12.1. The minimum absolute atomic E-state index is 0.0410. The van der Waals surface area contributed by atoms with Crippen molar-refractivity contribution in [3.63, 3.8) is 0 Å². The molecule has 0 saturated heterocycles. The highest BCUT2D eigenvalue weighted by molar-refractivity contribution is 7.71. The fraction of sp³-hybridized carbons (Fsp3) is 0.500. The van der Waals surface area contributed by atoms with Gasteiger partial charge < -0.3 is 14.5 Å². The average molecular weight is 359 g/mol. The van der Waals surface area contributed by atoms with E-state index in [1.54, 1.807) is 12.1 Å². The predicted molar refractivity (Wildman–Crippen MR) is 94.7 cm³/mol. The summed E-state index contributed by atoms with van der Waals surface area (Å²) in [5.41, 5.74) is 1.57. The molecule has 2 N–H and O–H groups in total. The normalized spacial score (nSPS) is 23.7. The Morgan fingerprint density at radius 2 is 2.20 bits per heavy atom. The van der Waals surface area contributed by atoms with Crippen LogP contribution in [0.4, 0.5) is 0 Å². The van der Waals surface area contributed by atoms with E-state index < -0.39 is 0 Å². The summed E-state index contributed by atoms with van der Waals surface area (Å²) in [4.78, 5) is 12.8. The molecular formula is C18H21N3O3S. The van der Waals surface area contributed by atoms with Crippen LogP contribution >= 0.6 is 12.2 Å². The van der Waals surface area contributed by atoms with Gasteiger partial charge in [0, 0.05) is 29.2 Å². The third kappa shape index (κ3) is 2.81. The number of nitrogens with zero attached hydrogens (tertiary/aromatic N) is 1. The fourth-order valence-corrected chi connectivity index (χ4v) is 4.12. The van der Waals surface area contributed by atoms with Crippen molar-refractivity contribution >= 4 is 18.1 Å². The summed E-state index contributed by atoms with van der Waals surface area (Å²) in [6.45, 7) is 2.76. The second kappa shape index (κ2) is 6.38. The third-order valence-electron chi connectivity index (χ3n) is 5.57. The molecule has 7 heteroatoms. The highest BCUT2D eigenvalue weighted by Crippen LogP contribution is 2.57. The fourth-order valence-electron chi connectivity index (χ4n) is 4.00. The number of nitrogens with one attached hydrogen (secondary N) is 2. The highest BCUT2D eigenvalue weighted by Gasteiger charge is 2.59. The molecule has 0 aliphatic heterocycles. The molecule has 2 atom stereocenters. The molecule has 1 aromatic heterocycles. The van der Waals surface area contributed by atoms with Gasteiger partial charge in [-0.3, -0.25) is 4.79 Å². The maximum absolute atomic E-state index is 12.6. The van der Waals surface area contributed by atoms with Gasteiger partial charge >= 0.3 is 0 Å². The summed E-state index contributed by atoms with van der Waals surface area (Å²) in [7, 11) is 0. The molecule has 2 fully saturated rings. The lowest BCUT2D eigenvalue weighted by molar-refractivity contribution is -0.169. The zero-order chi connectivity index (χ0) is 17.4. The molecule has 1 aromatic carbocycles. The molecule has 6 nitrogen and oxygen atoms in total. The van der Waals surface area contributed by atoms with E-state index in [9.17, 15) is 4.79 Å². The van der Waals surface area contributed by atoms with E-state index in [1.165, 1.54) is 6.42 Å². The number of hydrogen-bond acceptors (Lipinski definition) is 5. The maximum Gasteiger partial charge on any atom is 0.284 e. The Bertz CT molecular complexity index is 823. The number of aromatic nitrogens is 2. The topological polar surface area (TPSA) is 80.1 Å². The van der Waals surface area contributed by atoms with Crippen LogP contribution in [0.25, 0.3) is 11.5 Å². The monoisotopic (exact) mass is 359 g/mol. The van der Waals surface area contributed by atoms with Gasteiger partial charge in [-0.2, -0.15) is 0 Å². The second-order valence-electron chi connectivity index (χ2n) is 6.79. The number of carbonyl (C=O) groups is 1. The Balaban J connectivity index is 1.42. The number of hydrogen-bond donors (Lipinski definition) is 2. The van der Waals surface area contributed by atoms with Gasteiger partial charge in [0.1, 0.15) is 0 Å². The molecule has 4 rings (SSSR count). The van der Waals surface area contributed by atoms with Crippen molar-refractivity contribution in [2.45, 2.75) is 44.8 Å². The maximum atomic E-state index is 12.6. The van der Waals surface area contributed by atoms with Crippen molar-refractivity contribution in [3.05, 3.63) is 34.7 Å². The van der Waals surface area contributed by atoms with E-state index in [1.807, 2.05) is 19.1 Å². The molecule has 132 valence electrons. The van der Waals surface area contributed by atoms with Gasteiger partial charge in [0.2, 0.25) is 5.89 Å². The number of amides is 1. The average Bonchev–Trinajstić information content (AvgIpc) is 2.99. The van der Waals surface area contributed by atoms with E-state index in [2.05, 4.69) is 15.5 Å². The first-order valence-corrected chi connectivity index (χ1v) is 9.11. The Hall–Kier alpha value is -1.99. The molecule has 2 aliphatic carbocycles. The SMILES string of the molecule is CCO[C@H]1C[C@@H](NC(=O)c2ccc(-c3n[nH]c(=S)o3)cc2)C12CCC2. The van der Waals surface area contributed by atoms with Gasteiger partial charge in [0.15, 0.2) is 0 Å². The molecule has 25 heavy (non-hydrogen) atoms. The highest BCUT2D eigenvalue weighted by atomic mass is 32.1. The molecule has 2 saturated carbocycles. The Morgan fingerprint density at radius 3 is 2.76 bits per heavy atom. The summed E-state index contributed by atoms with van der Waals surface area (Å²) >= 11 is 4.87. The number of H-pyrrole nitrogens is 1. The van der Waals surface area contributed by atoms with Crippen molar-refractivity contribution in [1.82, 2.24) is 15.5 Å². The van der Waals surface area contributed by atoms with Crippen molar-refractivity contribution in [2.75, 3.05) is 6.61 Å². The zero-order valence-corrected chi connectivity index (χ0v) is 14.9. The molecule has 1 spiro atoms.